The summed E-state index contributed by atoms with van der Waals surface area (Å²) in [7, 11) is 0. The molecule has 0 aliphatic heterocycles. The van der Waals surface area contributed by atoms with Gasteiger partial charge in [-0.15, -0.1) is 0 Å². The van der Waals surface area contributed by atoms with E-state index in [-0.39, 0.29) is 5.78 Å². The molecule has 0 saturated heterocycles. The molecule has 2 heteroatoms. The first kappa shape index (κ1) is 13.3. The zero-order valence-corrected chi connectivity index (χ0v) is 11.7. The molecule has 0 aliphatic carbocycles. The molecule has 0 fully saturated rings. The third kappa shape index (κ3) is 4.24. The predicted molar refractivity (Wildman–Crippen MR) is 81.7 cm³/mol. The van der Waals surface area contributed by atoms with Crippen LogP contribution in [0, 0.1) is 11.8 Å². The molecule has 92 valence electrons. The fourth-order valence-electron chi connectivity index (χ4n) is 1.48. The Kier molecular flexibility index (Phi) is 4.72. The number of ketones is 1. The van der Waals surface area contributed by atoms with Gasteiger partial charge in [0, 0.05) is 10.0 Å². The Balaban J connectivity index is 2.02. The standard InChI is InChI=1S/C17H11BrO/c18-16-12-10-15(11-13-16)17(19)9-5-4-8-14-6-2-1-3-7-14/h1-4,6-8,10-13H/b8-4+. The maximum atomic E-state index is 11.7. The topological polar surface area (TPSA) is 17.1 Å². The molecule has 0 atom stereocenters. The molecule has 0 saturated carbocycles. The van der Waals surface area contributed by atoms with Crippen LogP contribution in [0.1, 0.15) is 15.9 Å². The maximum Gasteiger partial charge on any atom is 0.236 e. The summed E-state index contributed by atoms with van der Waals surface area (Å²) in [4.78, 5) is 11.7. The van der Waals surface area contributed by atoms with Crippen molar-refractivity contribution in [3.8, 4) is 11.8 Å². The molecule has 0 radical (unpaired) electrons. The van der Waals surface area contributed by atoms with Crippen molar-refractivity contribution >= 4 is 27.8 Å². The lowest BCUT2D eigenvalue weighted by Crippen LogP contribution is -1.93. The molecule has 0 heterocycles. The summed E-state index contributed by atoms with van der Waals surface area (Å²) in [5.41, 5.74) is 1.66. The van der Waals surface area contributed by atoms with Gasteiger partial charge in [-0.2, -0.15) is 0 Å². The quantitative estimate of drug-likeness (QED) is 0.458. The third-order valence-electron chi connectivity index (χ3n) is 2.45. The second-order valence-electron chi connectivity index (χ2n) is 3.85. The minimum absolute atomic E-state index is 0.176. The molecule has 1 nitrogen and oxygen atoms in total. The number of hydrogen-bond acceptors (Lipinski definition) is 1. The summed E-state index contributed by atoms with van der Waals surface area (Å²) < 4.78 is 0.945. The van der Waals surface area contributed by atoms with Crippen LogP contribution in [-0.4, -0.2) is 5.78 Å². The molecule has 0 bridgehead atoms. The summed E-state index contributed by atoms with van der Waals surface area (Å²) in [6.45, 7) is 0. The van der Waals surface area contributed by atoms with Gasteiger partial charge in [0.25, 0.3) is 0 Å². The first-order valence-corrected chi connectivity index (χ1v) is 6.58. The summed E-state index contributed by atoms with van der Waals surface area (Å²) >= 11 is 3.33. The average molecular weight is 311 g/mol. The molecule has 0 aliphatic rings. The summed E-state index contributed by atoms with van der Waals surface area (Å²) in [6, 6.07) is 17.0. The van der Waals surface area contributed by atoms with Gasteiger partial charge in [-0.25, -0.2) is 0 Å². The van der Waals surface area contributed by atoms with Crippen LogP contribution in [0.25, 0.3) is 6.08 Å². The van der Waals surface area contributed by atoms with Gasteiger partial charge < -0.3 is 0 Å². The van der Waals surface area contributed by atoms with Gasteiger partial charge in [0.1, 0.15) is 0 Å². The molecule has 2 aromatic rings. The van der Waals surface area contributed by atoms with Crippen molar-refractivity contribution in [2.45, 2.75) is 0 Å². The Morgan fingerprint density at radius 1 is 1.00 bits per heavy atom. The van der Waals surface area contributed by atoms with E-state index in [1.54, 1.807) is 18.2 Å². The van der Waals surface area contributed by atoms with Crippen molar-refractivity contribution in [1.29, 1.82) is 0 Å². The fraction of sp³-hybridized carbons (Fsp3) is 0. The maximum absolute atomic E-state index is 11.7. The number of carbonyl (C=O) groups is 1. The minimum atomic E-state index is -0.176. The highest BCUT2D eigenvalue weighted by atomic mass is 79.9. The van der Waals surface area contributed by atoms with Crippen LogP contribution in [-0.2, 0) is 0 Å². The molecule has 0 spiro atoms. The van der Waals surface area contributed by atoms with Gasteiger partial charge in [-0.3, -0.25) is 4.79 Å². The Labute approximate surface area is 121 Å². The number of rotatable bonds is 2. The molecular weight excluding hydrogens is 300 g/mol. The van der Waals surface area contributed by atoms with Crippen LogP contribution >= 0.6 is 15.9 Å². The van der Waals surface area contributed by atoms with Gasteiger partial charge in [0.2, 0.25) is 5.78 Å². The largest absolute Gasteiger partial charge is 0.279 e. The van der Waals surface area contributed by atoms with Crippen molar-refractivity contribution in [1.82, 2.24) is 0 Å². The van der Waals surface area contributed by atoms with Gasteiger partial charge >= 0.3 is 0 Å². The molecule has 2 rings (SSSR count). The SMILES string of the molecule is O=C(C#C/C=C/c1ccccc1)c1ccc(Br)cc1. The number of benzene rings is 2. The van der Waals surface area contributed by atoms with Crippen molar-refractivity contribution in [3.05, 3.63) is 76.3 Å². The monoisotopic (exact) mass is 310 g/mol. The molecular formula is C17H11BrO. The van der Waals surface area contributed by atoms with Gasteiger partial charge in [-0.1, -0.05) is 52.2 Å². The van der Waals surface area contributed by atoms with Crippen LogP contribution in [0.15, 0.2) is 65.1 Å². The minimum Gasteiger partial charge on any atom is -0.279 e. The lowest BCUT2D eigenvalue weighted by Gasteiger charge is -1.93. The van der Waals surface area contributed by atoms with Crippen LogP contribution in [0.3, 0.4) is 0 Å². The Bertz CT molecular complexity index is 643. The highest BCUT2D eigenvalue weighted by molar-refractivity contribution is 9.10. The van der Waals surface area contributed by atoms with Crippen LogP contribution in [0.5, 0.6) is 0 Å². The predicted octanol–water partition coefficient (Wildman–Crippen LogP) is 4.35. The van der Waals surface area contributed by atoms with Crippen LogP contribution in [0.4, 0.5) is 0 Å². The number of halogens is 1. The first-order valence-electron chi connectivity index (χ1n) is 5.79. The molecule has 0 amide bonds. The van der Waals surface area contributed by atoms with Gasteiger partial charge in [0.05, 0.1) is 0 Å². The summed E-state index contributed by atoms with van der Waals surface area (Å²) in [5.74, 6) is 5.18. The first-order chi connectivity index (χ1) is 9.25. The van der Waals surface area contributed by atoms with Crippen molar-refractivity contribution < 1.29 is 4.79 Å². The zero-order chi connectivity index (χ0) is 13.5. The number of Topliss-reactive ketones (excluding diaryl/α,β-unsaturated/α-hetero) is 1. The highest BCUT2D eigenvalue weighted by Gasteiger charge is 1.99. The average Bonchev–Trinajstić information content (AvgIpc) is 2.45. The second-order valence-corrected chi connectivity index (χ2v) is 4.77. The van der Waals surface area contributed by atoms with Crippen molar-refractivity contribution in [3.63, 3.8) is 0 Å². The summed E-state index contributed by atoms with van der Waals surface area (Å²) in [6.07, 6.45) is 3.56. The summed E-state index contributed by atoms with van der Waals surface area (Å²) in [5, 5.41) is 0. The lowest BCUT2D eigenvalue weighted by molar-refractivity contribution is 0.105. The molecule has 2 aromatic carbocycles. The van der Waals surface area contributed by atoms with E-state index in [1.165, 1.54) is 0 Å². The van der Waals surface area contributed by atoms with E-state index in [4.69, 9.17) is 0 Å². The fourth-order valence-corrected chi connectivity index (χ4v) is 1.75. The third-order valence-corrected chi connectivity index (χ3v) is 2.98. The van der Waals surface area contributed by atoms with E-state index >= 15 is 0 Å². The smallest absolute Gasteiger partial charge is 0.236 e. The molecule has 0 unspecified atom stereocenters. The molecule has 0 N–H and O–H groups in total. The second kappa shape index (κ2) is 6.72. The van der Waals surface area contributed by atoms with Gasteiger partial charge in [0.15, 0.2) is 0 Å². The van der Waals surface area contributed by atoms with Crippen molar-refractivity contribution in [2.75, 3.05) is 0 Å². The molecule has 0 aromatic heterocycles. The van der Waals surface area contributed by atoms with E-state index in [9.17, 15) is 4.79 Å². The van der Waals surface area contributed by atoms with E-state index in [1.807, 2.05) is 48.5 Å². The molecule has 19 heavy (non-hydrogen) atoms. The van der Waals surface area contributed by atoms with Crippen LogP contribution in [0.2, 0.25) is 0 Å². The Morgan fingerprint density at radius 2 is 1.68 bits per heavy atom. The van der Waals surface area contributed by atoms with Gasteiger partial charge in [-0.05, 0) is 47.9 Å². The van der Waals surface area contributed by atoms with E-state index in [0.717, 1.165) is 10.0 Å². The Morgan fingerprint density at radius 3 is 2.37 bits per heavy atom. The Hall–Kier alpha value is -2.11. The van der Waals surface area contributed by atoms with E-state index < -0.39 is 0 Å². The number of hydrogen-bond donors (Lipinski definition) is 0. The number of allylic oxidation sites excluding steroid dienone is 1. The van der Waals surface area contributed by atoms with Crippen molar-refractivity contribution in [2.24, 2.45) is 0 Å². The lowest BCUT2D eigenvalue weighted by atomic mass is 10.1. The van der Waals surface area contributed by atoms with E-state index in [2.05, 4.69) is 27.8 Å². The normalized spacial score (nSPS) is 9.95. The highest BCUT2D eigenvalue weighted by Crippen LogP contribution is 2.10. The zero-order valence-electron chi connectivity index (χ0n) is 10.1. The van der Waals surface area contributed by atoms with E-state index in [0.29, 0.717) is 5.56 Å². The number of carbonyl (C=O) groups excluding carboxylic acids is 1. The van der Waals surface area contributed by atoms with Crippen LogP contribution < -0.4 is 0 Å².